The van der Waals surface area contributed by atoms with Crippen LogP contribution in [0.3, 0.4) is 0 Å². The third kappa shape index (κ3) is 3.94. The second-order valence-corrected chi connectivity index (χ2v) is 8.49. The zero-order valence-electron chi connectivity index (χ0n) is 17.3. The number of imidazole rings is 1. The minimum atomic E-state index is -0.780. The fourth-order valence-electron chi connectivity index (χ4n) is 3.51. The molecule has 0 saturated carbocycles. The van der Waals surface area contributed by atoms with Crippen molar-refractivity contribution in [3.05, 3.63) is 77.5 Å². The van der Waals surface area contributed by atoms with Crippen LogP contribution < -0.4 is 10.9 Å². The second kappa shape index (κ2) is 8.43. The molecule has 8 nitrogen and oxygen atoms in total. The van der Waals surface area contributed by atoms with E-state index in [4.69, 9.17) is 0 Å². The molecule has 1 aliphatic rings. The summed E-state index contributed by atoms with van der Waals surface area (Å²) < 4.78 is 3.35. The highest BCUT2D eigenvalue weighted by Crippen LogP contribution is 2.29. The molecule has 4 heterocycles. The van der Waals surface area contributed by atoms with Gasteiger partial charge in [-0.1, -0.05) is 23.9 Å². The summed E-state index contributed by atoms with van der Waals surface area (Å²) in [5, 5.41) is 8.29. The standard InChI is InChI=1S/C23H20N6O2S/c1-15(29-21(30)7-6-19(27-29)17-8-10-24-11-9-17)22(31)25-18-4-2-16(3-5-18)20-14-28-12-13-32-23(28)26-20/h2-11,14-15H,12-13H2,1H3,(H,25,31). The first-order chi connectivity index (χ1) is 15.6. The number of rotatable bonds is 5. The molecule has 0 saturated heterocycles. The Kier molecular flexibility index (Phi) is 5.32. The van der Waals surface area contributed by atoms with E-state index < -0.39 is 6.04 Å². The fourth-order valence-corrected chi connectivity index (χ4v) is 4.45. The van der Waals surface area contributed by atoms with Crippen molar-refractivity contribution in [3.8, 4) is 22.5 Å². The normalized spacial score (nSPS) is 13.5. The molecule has 1 aromatic carbocycles. The Bertz CT molecular complexity index is 1310. The number of hydrogen-bond acceptors (Lipinski definition) is 6. The quantitative estimate of drug-likeness (QED) is 0.507. The number of amides is 1. The van der Waals surface area contributed by atoms with Gasteiger partial charge in [-0.3, -0.25) is 14.6 Å². The largest absolute Gasteiger partial charge is 0.325 e. The Morgan fingerprint density at radius 3 is 2.53 bits per heavy atom. The molecular formula is C23H20N6O2S. The Balaban J connectivity index is 1.32. The first-order valence-corrected chi connectivity index (χ1v) is 11.2. The lowest BCUT2D eigenvalue weighted by atomic mass is 10.1. The molecule has 0 spiro atoms. The summed E-state index contributed by atoms with van der Waals surface area (Å²) in [4.78, 5) is 33.8. The molecule has 1 N–H and O–H groups in total. The van der Waals surface area contributed by atoms with Gasteiger partial charge < -0.3 is 9.88 Å². The number of nitrogens with zero attached hydrogens (tertiary/aromatic N) is 5. The Labute approximate surface area is 188 Å². The van der Waals surface area contributed by atoms with Crippen molar-refractivity contribution in [2.45, 2.75) is 24.7 Å². The molecule has 0 bridgehead atoms. The fraction of sp³-hybridized carbons (Fsp3) is 0.174. The van der Waals surface area contributed by atoms with E-state index in [0.29, 0.717) is 11.4 Å². The molecule has 4 aromatic rings. The number of anilines is 1. The van der Waals surface area contributed by atoms with Crippen molar-refractivity contribution in [3.63, 3.8) is 0 Å². The lowest BCUT2D eigenvalue weighted by molar-refractivity contribution is -0.119. The molecule has 1 aliphatic heterocycles. The molecule has 0 radical (unpaired) electrons. The van der Waals surface area contributed by atoms with Crippen LogP contribution in [0.4, 0.5) is 5.69 Å². The maximum atomic E-state index is 12.8. The van der Waals surface area contributed by atoms with Gasteiger partial charge in [0.1, 0.15) is 6.04 Å². The second-order valence-electron chi connectivity index (χ2n) is 7.43. The lowest BCUT2D eigenvalue weighted by Crippen LogP contribution is -2.33. The highest BCUT2D eigenvalue weighted by Gasteiger charge is 2.19. The van der Waals surface area contributed by atoms with Crippen LogP contribution in [-0.4, -0.2) is 36.0 Å². The third-order valence-electron chi connectivity index (χ3n) is 5.30. The number of pyridine rings is 1. The minimum Gasteiger partial charge on any atom is -0.325 e. The van der Waals surface area contributed by atoms with Gasteiger partial charge in [0.15, 0.2) is 5.16 Å². The van der Waals surface area contributed by atoms with E-state index in [1.165, 1.54) is 10.7 Å². The number of thioether (sulfide) groups is 1. The zero-order valence-corrected chi connectivity index (χ0v) is 18.1. The SMILES string of the molecule is CC(C(=O)Nc1ccc(-c2cn3c(n2)SCC3)cc1)n1nc(-c2ccncc2)ccc1=O. The topological polar surface area (TPSA) is 94.7 Å². The van der Waals surface area contributed by atoms with Gasteiger partial charge in [-0.15, -0.1) is 0 Å². The van der Waals surface area contributed by atoms with Crippen LogP contribution in [0.5, 0.6) is 0 Å². The van der Waals surface area contributed by atoms with E-state index in [2.05, 4.69) is 31.1 Å². The Morgan fingerprint density at radius 1 is 1.03 bits per heavy atom. The number of hydrogen-bond donors (Lipinski definition) is 1. The van der Waals surface area contributed by atoms with Gasteiger partial charge in [-0.2, -0.15) is 5.10 Å². The molecule has 1 atom stereocenters. The van der Waals surface area contributed by atoms with Crippen LogP contribution in [0.1, 0.15) is 13.0 Å². The van der Waals surface area contributed by atoms with E-state index in [1.54, 1.807) is 49.3 Å². The summed E-state index contributed by atoms with van der Waals surface area (Å²) >= 11 is 1.75. The van der Waals surface area contributed by atoms with Crippen molar-refractivity contribution in [2.24, 2.45) is 0 Å². The van der Waals surface area contributed by atoms with Crippen LogP contribution in [0, 0.1) is 0 Å². The van der Waals surface area contributed by atoms with Gasteiger partial charge in [0, 0.05) is 53.8 Å². The van der Waals surface area contributed by atoms with Gasteiger partial charge >= 0.3 is 0 Å². The third-order valence-corrected chi connectivity index (χ3v) is 6.27. The summed E-state index contributed by atoms with van der Waals surface area (Å²) in [6, 6.07) is 13.4. The van der Waals surface area contributed by atoms with Crippen molar-refractivity contribution in [1.29, 1.82) is 0 Å². The molecule has 5 rings (SSSR count). The number of fused-ring (bicyclic) bond motifs is 1. The summed E-state index contributed by atoms with van der Waals surface area (Å²) in [6.45, 7) is 2.63. The molecule has 32 heavy (non-hydrogen) atoms. The maximum Gasteiger partial charge on any atom is 0.267 e. The van der Waals surface area contributed by atoms with E-state index in [1.807, 2.05) is 24.3 Å². The van der Waals surface area contributed by atoms with E-state index in [9.17, 15) is 9.59 Å². The van der Waals surface area contributed by atoms with Gasteiger partial charge in [0.05, 0.1) is 11.4 Å². The number of carbonyl (C=O) groups is 1. The monoisotopic (exact) mass is 444 g/mol. The van der Waals surface area contributed by atoms with Crippen LogP contribution in [-0.2, 0) is 11.3 Å². The van der Waals surface area contributed by atoms with E-state index in [0.717, 1.165) is 34.3 Å². The summed E-state index contributed by atoms with van der Waals surface area (Å²) in [7, 11) is 0. The van der Waals surface area contributed by atoms with Crippen molar-refractivity contribution in [2.75, 3.05) is 11.1 Å². The average molecular weight is 445 g/mol. The molecule has 0 aliphatic carbocycles. The number of aryl methyl sites for hydroxylation is 1. The molecular weight excluding hydrogens is 424 g/mol. The smallest absolute Gasteiger partial charge is 0.267 e. The maximum absolute atomic E-state index is 12.8. The highest BCUT2D eigenvalue weighted by atomic mass is 32.2. The van der Waals surface area contributed by atoms with Gasteiger partial charge in [-0.25, -0.2) is 9.67 Å². The molecule has 3 aromatic heterocycles. The Morgan fingerprint density at radius 2 is 1.78 bits per heavy atom. The van der Waals surface area contributed by atoms with Crippen LogP contribution in [0.25, 0.3) is 22.5 Å². The molecule has 1 amide bonds. The van der Waals surface area contributed by atoms with Crippen LogP contribution >= 0.6 is 11.8 Å². The highest BCUT2D eigenvalue weighted by molar-refractivity contribution is 7.99. The number of benzene rings is 1. The van der Waals surface area contributed by atoms with Crippen LogP contribution in [0.15, 0.2) is 77.1 Å². The first-order valence-electron chi connectivity index (χ1n) is 10.2. The van der Waals surface area contributed by atoms with Gasteiger partial charge in [0.25, 0.3) is 5.56 Å². The zero-order chi connectivity index (χ0) is 22.1. The van der Waals surface area contributed by atoms with E-state index >= 15 is 0 Å². The van der Waals surface area contributed by atoms with Crippen molar-refractivity contribution in [1.82, 2.24) is 24.3 Å². The Hall–Kier alpha value is -3.72. The summed E-state index contributed by atoms with van der Waals surface area (Å²) in [5.41, 5.74) is 3.63. The lowest BCUT2D eigenvalue weighted by Gasteiger charge is -2.15. The average Bonchev–Trinajstić information content (AvgIpc) is 3.43. The summed E-state index contributed by atoms with van der Waals surface area (Å²) in [6.07, 6.45) is 5.36. The van der Waals surface area contributed by atoms with Crippen molar-refractivity contribution >= 4 is 23.4 Å². The predicted molar refractivity (Wildman–Crippen MR) is 123 cm³/mol. The van der Waals surface area contributed by atoms with Gasteiger partial charge in [0.2, 0.25) is 5.91 Å². The van der Waals surface area contributed by atoms with Gasteiger partial charge in [-0.05, 0) is 37.3 Å². The number of nitrogens with one attached hydrogen (secondary N) is 1. The van der Waals surface area contributed by atoms with E-state index in [-0.39, 0.29) is 11.5 Å². The first kappa shape index (κ1) is 20.2. The number of carbonyl (C=O) groups excluding carboxylic acids is 1. The van der Waals surface area contributed by atoms with Crippen LogP contribution in [0.2, 0.25) is 0 Å². The molecule has 0 fully saturated rings. The summed E-state index contributed by atoms with van der Waals surface area (Å²) in [5.74, 6) is 0.742. The molecule has 160 valence electrons. The number of aromatic nitrogens is 5. The molecule has 9 heteroatoms. The predicted octanol–water partition coefficient (Wildman–Crippen LogP) is 3.47. The van der Waals surface area contributed by atoms with Crippen molar-refractivity contribution < 1.29 is 4.79 Å². The minimum absolute atomic E-state index is 0.323. The molecule has 1 unspecified atom stereocenters.